The van der Waals surface area contributed by atoms with E-state index >= 15 is 0 Å². The number of hydrogen-bond donors (Lipinski definition) is 1. The number of rotatable bonds is 4. The summed E-state index contributed by atoms with van der Waals surface area (Å²) >= 11 is 0. The predicted molar refractivity (Wildman–Crippen MR) is 114 cm³/mol. The molecule has 1 saturated carbocycles. The first-order chi connectivity index (χ1) is 13.6. The highest BCUT2D eigenvalue weighted by atomic mass is 32.2. The molecule has 6 heteroatoms. The Balaban J connectivity index is 2.27. The lowest BCUT2D eigenvalue weighted by Gasteiger charge is -2.49. The Morgan fingerprint density at radius 3 is 2.72 bits per heavy atom. The van der Waals surface area contributed by atoms with Crippen molar-refractivity contribution in [3.8, 4) is 6.07 Å². The zero-order valence-corrected chi connectivity index (χ0v) is 18.9. The van der Waals surface area contributed by atoms with Crippen LogP contribution in [0.15, 0.2) is 18.2 Å². The fourth-order valence-electron chi connectivity index (χ4n) is 5.16. The fraction of sp³-hybridized carbons (Fsp3) is 0.652. The van der Waals surface area contributed by atoms with Gasteiger partial charge in [-0.05, 0) is 76.1 Å². The van der Waals surface area contributed by atoms with Crippen LogP contribution in [0.5, 0.6) is 0 Å². The number of hydrogen-bond acceptors (Lipinski definition) is 4. The first kappa shape index (κ1) is 22.0. The highest BCUT2D eigenvalue weighted by Crippen LogP contribution is 2.59. The average molecular weight is 417 g/mol. The Morgan fingerprint density at radius 1 is 1.41 bits per heavy atom. The standard InChI is InChI=1S/C23H32N2O3S/c1-6-28-20(26)23(25-29(27)21(3,4)5)19-12-17(15-24)9-10-18(19)14-22(23)11-7-8-16(2)13-22/h9-10,12,16,25H,6-8,11,13-14H2,1-5H3/t16-,22+,23-,29?/m1/s1. The van der Waals surface area contributed by atoms with E-state index in [0.29, 0.717) is 11.5 Å². The maximum absolute atomic E-state index is 13.7. The lowest BCUT2D eigenvalue weighted by molar-refractivity contribution is -0.158. The molecule has 2 aliphatic rings. The number of fused-ring (bicyclic) bond motifs is 1. The van der Waals surface area contributed by atoms with Gasteiger partial charge in [0.25, 0.3) is 0 Å². The van der Waals surface area contributed by atoms with Crippen LogP contribution in [0.2, 0.25) is 0 Å². The summed E-state index contributed by atoms with van der Waals surface area (Å²) in [4.78, 5) is 13.7. The minimum absolute atomic E-state index is 0.253. The summed E-state index contributed by atoms with van der Waals surface area (Å²) in [6.07, 6.45) is 4.59. The molecule has 1 unspecified atom stereocenters. The molecule has 3 rings (SSSR count). The quantitative estimate of drug-likeness (QED) is 0.749. The number of nitrogens with zero attached hydrogens (tertiary/aromatic N) is 1. The number of ether oxygens (including phenoxy) is 1. The molecule has 0 amide bonds. The van der Waals surface area contributed by atoms with Gasteiger partial charge in [0, 0.05) is 5.41 Å². The van der Waals surface area contributed by atoms with Crippen LogP contribution in [-0.2, 0) is 32.5 Å². The predicted octanol–water partition coefficient (Wildman–Crippen LogP) is 4.12. The van der Waals surface area contributed by atoms with Gasteiger partial charge in [-0.3, -0.25) is 0 Å². The number of nitriles is 1. The molecule has 29 heavy (non-hydrogen) atoms. The molecule has 1 fully saturated rings. The van der Waals surface area contributed by atoms with E-state index in [4.69, 9.17) is 4.74 Å². The van der Waals surface area contributed by atoms with E-state index < -0.39 is 26.7 Å². The molecule has 0 aliphatic heterocycles. The molecular weight excluding hydrogens is 384 g/mol. The Kier molecular flexibility index (Phi) is 5.95. The van der Waals surface area contributed by atoms with E-state index in [1.807, 2.05) is 26.8 Å². The Bertz CT molecular complexity index is 870. The second kappa shape index (κ2) is 7.85. The summed E-state index contributed by atoms with van der Waals surface area (Å²) in [6.45, 7) is 9.96. The van der Waals surface area contributed by atoms with E-state index in [1.165, 1.54) is 0 Å². The molecule has 4 atom stereocenters. The van der Waals surface area contributed by atoms with E-state index in [2.05, 4.69) is 17.7 Å². The van der Waals surface area contributed by atoms with Gasteiger partial charge in [-0.15, -0.1) is 0 Å². The second-order valence-electron chi connectivity index (χ2n) is 9.60. The van der Waals surface area contributed by atoms with E-state index in [1.54, 1.807) is 19.1 Å². The lowest BCUT2D eigenvalue weighted by atomic mass is 9.60. The molecule has 1 spiro atoms. The number of esters is 1. The largest absolute Gasteiger partial charge is 0.464 e. The third-order valence-corrected chi connectivity index (χ3v) is 8.05. The molecule has 0 radical (unpaired) electrons. The van der Waals surface area contributed by atoms with Crippen molar-refractivity contribution in [3.63, 3.8) is 0 Å². The molecule has 1 aromatic carbocycles. The topological polar surface area (TPSA) is 79.2 Å². The van der Waals surface area contributed by atoms with Crippen molar-refractivity contribution in [2.24, 2.45) is 11.3 Å². The van der Waals surface area contributed by atoms with Crippen LogP contribution in [0, 0.1) is 22.7 Å². The summed E-state index contributed by atoms with van der Waals surface area (Å²) in [7, 11) is -1.48. The van der Waals surface area contributed by atoms with Gasteiger partial charge in [-0.25, -0.2) is 13.7 Å². The molecule has 2 aliphatic carbocycles. The Morgan fingerprint density at radius 2 is 2.14 bits per heavy atom. The van der Waals surface area contributed by atoms with Crippen molar-refractivity contribution in [1.82, 2.24) is 4.72 Å². The lowest BCUT2D eigenvalue weighted by Crippen LogP contribution is -2.62. The summed E-state index contributed by atoms with van der Waals surface area (Å²) in [6, 6.07) is 7.75. The van der Waals surface area contributed by atoms with Gasteiger partial charge >= 0.3 is 5.97 Å². The van der Waals surface area contributed by atoms with Crippen molar-refractivity contribution < 1.29 is 13.7 Å². The van der Waals surface area contributed by atoms with Gasteiger partial charge in [0.15, 0.2) is 5.54 Å². The number of benzene rings is 1. The van der Waals surface area contributed by atoms with Crippen LogP contribution in [0.1, 0.15) is 77.0 Å². The number of carbonyl (C=O) groups excluding carboxylic acids is 1. The fourth-order valence-corrected chi connectivity index (χ4v) is 6.15. The summed E-state index contributed by atoms with van der Waals surface area (Å²) in [5.41, 5.74) is 0.694. The smallest absolute Gasteiger partial charge is 0.332 e. The van der Waals surface area contributed by atoms with Crippen LogP contribution < -0.4 is 4.72 Å². The molecule has 0 saturated heterocycles. The molecular formula is C23H32N2O3S. The van der Waals surface area contributed by atoms with Gasteiger partial charge in [0.2, 0.25) is 0 Å². The number of nitrogens with one attached hydrogen (secondary N) is 1. The molecule has 1 N–H and O–H groups in total. The zero-order valence-electron chi connectivity index (χ0n) is 18.1. The average Bonchev–Trinajstić information content (AvgIpc) is 2.90. The summed E-state index contributed by atoms with van der Waals surface area (Å²) in [5.74, 6) is 0.0905. The van der Waals surface area contributed by atoms with Crippen LogP contribution in [0.25, 0.3) is 0 Å². The van der Waals surface area contributed by atoms with Crippen molar-refractivity contribution in [1.29, 1.82) is 5.26 Å². The van der Waals surface area contributed by atoms with Gasteiger partial charge < -0.3 is 4.74 Å². The molecule has 158 valence electrons. The highest BCUT2D eigenvalue weighted by Gasteiger charge is 2.64. The van der Waals surface area contributed by atoms with Crippen LogP contribution in [0.4, 0.5) is 0 Å². The molecule has 0 bridgehead atoms. The van der Waals surface area contributed by atoms with Gasteiger partial charge in [0.05, 0.1) is 34.0 Å². The monoisotopic (exact) mass is 416 g/mol. The zero-order chi connectivity index (χ0) is 21.4. The first-order valence-electron chi connectivity index (χ1n) is 10.5. The van der Waals surface area contributed by atoms with E-state index in [9.17, 15) is 14.3 Å². The Hall–Kier alpha value is -1.71. The maximum atomic E-state index is 13.7. The van der Waals surface area contributed by atoms with Gasteiger partial charge in [-0.2, -0.15) is 5.26 Å². The van der Waals surface area contributed by atoms with Crippen molar-refractivity contribution in [2.75, 3.05) is 6.61 Å². The normalized spacial score (nSPS) is 29.9. The number of carbonyl (C=O) groups is 1. The van der Waals surface area contributed by atoms with Gasteiger partial charge in [-0.1, -0.05) is 25.8 Å². The SMILES string of the molecule is CCOC(=O)[C@]1(NS(=O)C(C)(C)C)c2cc(C#N)ccc2C[C@@]12CCC[C@@H](C)C2. The van der Waals surface area contributed by atoms with Crippen molar-refractivity contribution in [3.05, 3.63) is 34.9 Å². The van der Waals surface area contributed by atoms with Crippen LogP contribution in [-0.4, -0.2) is 21.5 Å². The first-order valence-corrected chi connectivity index (χ1v) is 11.6. The summed E-state index contributed by atoms with van der Waals surface area (Å²) in [5, 5.41) is 9.49. The third-order valence-electron chi connectivity index (χ3n) is 6.44. The Labute approximate surface area is 176 Å². The van der Waals surface area contributed by atoms with Crippen molar-refractivity contribution in [2.45, 2.75) is 77.0 Å². The maximum Gasteiger partial charge on any atom is 0.332 e. The molecule has 5 nitrogen and oxygen atoms in total. The molecule has 0 aromatic heterocycles. The van der Waals surface area contributed by atoms with Gasteiger partial charge in [0.1, 0.15) is 0 Å². The van der Waals surface area contributed by atoms with E-state index in [-0.39, 0.29) is 12.6 Å². The van der Waals surface area contributed by atoms with E-state index in [0.717, 1.165) is 43.2 Å². The molecule has 0 heterocycles. The highest BCUT2D eigenvalue weighted by molar-refractivity contribution is 7.84. The minimum atomic E-state index is -1.48. The van der Waals surface area contributed by atoms with Crippen LogP contribution in [0.3, 0.4) is 0 Å². The van der Waals surface area contributed by atoms with Crippen LogP contribution >= 0.6 is 0 Å². The molecule has 1 aromatic rings. The second-order valence-corrected chi connectivity index (χ2v) is 11.6. The van der Waals surface area contributed by atoms with Crippen molar-refractivity contribution >= 4 is 17.0 Å². The summed E-state index contributed by atoms with van der Waals surface area (Å²) < 4.78 is 21.7. The third kappa shape index (κ3) is 3.64. The minimum Gasteiger partial charge on any atom is -0.464 e.